The van der Waals surface area contributed by atoms with Crippen LogP contribution in [0.3, 0.4) is 0 Å². The van der Waals surface area contributed by atoms with Gasteiger partial charge in [0, 0.05) is 6.92 Å². The molecular formula is C35H32N2O10S4. The van der Waals surface area contributed by atoms with E-state index >= 15 is 0 Å². The summed E-state index contributed by atoms with van der Waals surface area (Å²) < 4.78 is 121. The average molecular weight is 769 g/mol. The van der Waals surface area contributed by atoms with Gasteiger partial charge in [0.05, 0.1) is 32.2 Å². The molecule has 5 aromatic rings. The highest BCUT2D eigenvalue weighted by Gasteiger charge is 2.47. The van der Waals surface area contributed by atoms with Gasteiger partial charge < -0.3 is 4.74 Å². The fourth-order valence-corrected chi connectivity index (χ4v) is 12.8. The quantitative estimate of drug-likeness (QED) is 0.141. The Morgan fingerprint density at radius 1 is 0.510 bits per heavy atom. The maximum Gasteiger partial charge on any atom is 0.302 e. The first-order valence-corrected chi connectivity index (χ1v) is 20.9. The Balaban J connectivity index is 1.82. The highest BCUT2D eigenvalue weighted by Crippen LogP contribution is 2.37. The molecule has 0 fully saturated rings. The topological polar surface area (TPSA) is 169 Å². The van der Waals surface area contributed by atoms with Crippen molar-refractivity contribution in [3.8, 4) is 0 Å². The van der Waals surface area contributed by atoms with Crippen LogP contribution in [0.4, 0.5) is 0 Å². The van der Waals surface area contributed by atoms with Crippen LogP contribution in [0.2, 0.25) is 0 Å². The molecule has 0 aliphatic rings. The van der Waals surface area contributed by atoms with Crippen LogP contribution in [0.5, 0.6) is 0 Å². The Morgan fingerprint density at radius 2 is 0.843 bits per heavy atom. The standard InChI is InChI=1S/C35H32N2O10S4/c1-28(38)47-27-29-22-24-30(25-23-29)35(37(50(43,44)33-18-10-4-11-19-33)51(45,46)34-20-12-5-13-21-34)26-36(48(39,40)31-14-6-2-7-15-31)49(41,42)32-16-8-3-9-17-32/h2-25,35H,26-27H2,1H3. The van der Waals surface area contributed by atoms with Crippen LogP contribution in [0.1, 0.15) is 24.1 Å². The van der Waals surface area contributed by atoms with Crippen LogP contribution in [-0.2, 0) is 56.2 Å². The fraction of sp³-hybridized carbons (Fsp3) is 0.114. The Labute approximate surface area is 297 Å². The van der Waals surface area contributed by atoms with E-state index in [1.165, 1.54) is 153 Å². The number of sulfonamides is 4. The van der Waals surface area contributed by atoms with Gasteiger partial charge in [-0.1, -0.05) is 104 Å². The number of rotatable bonds is 14. The molecule has 1 unspecified atom stereocenters. The molecule has 0 aromatic heterocycles. The molecule has 5 rings (SSSR count). The molecule has 0 radical (unpaired) electrons. The lowest BCUT2D eigenvalue weighted by Crippen LogP contribution is -2.47. The van der Waals surface area contributed by atoms with Crippen LogP contribution >= 0.6 is 0 Å². The normalized spacial score (nSPS) is 13.2. The van der Waals surface area contributed by atoms with Gasteiger partial charge in [0.15, 0.2) is 0 Å². The number of hydrogen-bond acceptors (Lipinski definition) is 10. The molecule has 16 heteroatoms. The predicted molar refractivity (Wildman–Crippen MR) is 188 cm³/mol. The van der Waals surface area contributed by atoms with Gasteiger partial charge >= 0.3 is 5.97 Å². The molecule has 0 saturated carbocycles. The summed E-state index contributed by atoms with van der Waals surface area (Å²) in [7, 11) is -20.2. The number of carbonyl (C=O) groups excluding carboxylic acids is 1. The number of hydrogen-bond donors (Lipinski definition) is 0. The van der Waals surface area contributed by atoms with Crippen molar-refractivity contribution in [1.29, 1.82) is 0 Å². The Morgan fingerprint density at radius 3 is 1.18 bits per heavy atom. The van der Waals surface area contributed by atoms with E-state index in [9.17, 15) is 38.5 Å². The summed E-state index contributed by atoms with van der Waals surface area (Å²) in [6, 6.07) is 30.0. The van der Waals surface area contributed by atoms with Gasteiger partial charge in [0.25, 0.3) is 40.1 Å². The number of ether oxygens (including phenoxy) is 1. The van der Waals surface area contributed by atoms with Crippen LogP contribution in [-0.4, -0.2) is 53.6 Å². The van der Waals surface area contributed by atoms with E-state index in [2.05, 4.69) is 0 Å². The predicted octanol–water partition coefficient (Wildman–Crippen LogP) is 4.95. The zero-order chi connectivity index (χ0) is 36.9. The summed E-state index contributed by atoms with van der Waals surface area (Å²) >= 11 is 0. The number of esters is 1. The molecule has 0 heterocycles. The number of nitrogens with zero attached hydrogens (tertiary/aromatic N) is 2. The summed E-state index contributed by atoms with van der Waals surface area (Å²) in [6.07, 6.45) is 0. The number of carbonyl (C=O) groups is 1. The van der Waals surface area contributed by atoms with Crippen LogP contribution < -0.4 is 0 Å². The molecule has 0 N–H and O–H groups in total. The molecule has 0 saturated heterocycles. The Bertz CT molecular complexity index is 2280. The maximum absolute atomic E-state index is 14.6. The lowest BCUT2D eigenvalue weighted by molar-refractivity contribution is -0.142. The van der Waals surface area contributed by atoms with Gasteiger partial charge in [0.2, 0.25) is 0 Å². The van der Waals surface area contributed by atoms with E-state index in [1.54, 1.807) is 0 Å². The second-order valence-electron chi connectivity index (χ2n) is 11.0. The second kappa shape index (κ2) is 15.3. The zero-order valence-electron chi connectivity index (χ0n) is 27.0. The average Bonchev–Trinajstić information content (AvgIpc) is 3.13. The van der Waals surface area contributed by atoms with Crippen molar-refractivity contribution >= 4 is 46.1 Å². The van der Waals surface area contributed by atoms with Crippen LogP contribution in [0.15, 0.2) is 165 Å². The molecule has 5 aromatic carbocycles. The third-order valence-electron chi connectivity index (χ3n) is 7.56. The molecule has 0 aliphatic heterocycles. The van der Waals surface area contributed by atoms with Gasteiger partial charge in [-0.15, -0.1) is 0 Å². The lowest BCUT2D eigenvalue weighted by Gasteiger charge is -2.34. The summed E-state index contributed by atoms with van der Waals surface area (Å²) in [5.74, 6) is -0.570. The van der Waals surface area contributed by atoms with E-state index in [4.69, 9.17) is 4.74 Å². The molecule has 1 atom stereocenters. The van der Waals surface area contributed by atoms with E-state index in [-0.39, 0.29) is 19.6 Å². The molecular weight excluding hydrogens is 737 g/mol. The highest BCUT2D eigenvalue weighted by atomic mass is 32.3. The van der Waals surface area contributed by atoms with Crippen molar-refractivity contribution in [1.82, 2.24) is 7.42 Å². The third-order valence-corrected chi connectivity index (χ3v) is 16.2. The molecule has 0 amide bonds. The summed E-state index contributed by atoms with van der Waals surface area (Å²) in [5, 5.41) is 0. The summed E-state index contributed by atoms with van der Waals surface area (Å²) in [5.41, 5.74) is 0.346. The minimum Gasteiger partial charge on any atom is -0.461 e. The lowest BCUT2D eigenvalue weighted by atomic mass is 10.1. The van der Waals surface area contributed by atoms with Crippen molar-refractivity contribution in [2.45, 2.75) is 39.2 Å². The van der Waals surface area contributed by atoms with E-state index in [0.29, 0.717) is 5.56 Å². The van der Waals surface area contributed by atoms with Gasteiger partial charge in [-0.25, -0.2) is 33.7 Å². The first-order valence-electron chi connectivity index (χ1n) is 15.2. The molecule has 266 valence electrons. The van der Waals surface area contributed by atoms with E-state index in [1.807, 2.05) is 0 Å². The van der Waals surface area contributed by atoms with Crippen molar-refractivity contribution in [3.05, 3.63) is 157 Å². The first-order chi connectivity index (χ1) is 24.2. The fourth-order valence-electron chi connectivity index (χ4n) is 5.06. The van der Waals surface area contributed by atoms with Gasteiger partial charge in [-0.05, 0) is 59.7 Å². The molecule has 12 nitrogen and oxygen atoms in total. The second-order valence-corrected chi connectivity index (χ2v) is 18.8. The SMILES string of the molecule is CC(=O)OCc1ccc(C(CN(S(=O)(=O)c2ccccc2)S(=O)(=O)c2ccccc2)N(S(=O)(=O)c2ccccc2)S(=O)(=O)c2ccccc2)cc1. The minimum atomic E-state index is -5.09. The minimum absolute atomic E-state index is 0.0860. The molecule has 0 bridgehead atoms. The van der Waals surface area contributed by atoms with Crippen molar-refractivity contribution < 1.29 is 43.2 Å². The largest absolute Gasteiger partial charge is 0.461 e. The monoisotopic (exact) mass is 768 g/mol. The Kier molecular flexibility index (Phi) is 11.2. The highest BCUT2D eigenvalue weighted by molar-refractivity contribution is 8.04. The van der Waals surface area contributed by atoms with Crippen LogP contribution in [0, 0.1) is 0 Å². The van der Waals surface area contributed by atoms with E-state index < -0.39 is 78.2 Å². The van der Waals surface area contributed by atoms with Crippen molar-refractivity contribution in [2.24, 2.45) is 0 Å². The van der Waals surface area contributed by atoms with Gasteiger partial charge in [-0.3, -0.25) is 4.79 Å². The molecule has 0 spiro atoms. The zero-order valence-corrected chi connectivity index (χ0v) is 30.2. The van der Waals surface area contributed by atoms with Gasteiger partial charge in [0.1, 0.15) is 6.61 Å². The smallest absolute Gasteiger partial charge is 0.302 e. The van der Waals surface area contributed by atoms with E-state index in [0.717, 1.165) is 0 Å². The number of benzene rings is 5. The molecule has 0 aliphatic carbocycles. The van der Waals surface area contributed by atoms with Crippen molar-refractivity contribution in [2.75, 3.05) is 6.54 Å². The molecule has 51 heavy (non-hydrogen) atoms. The summed E-state index contributed by atoms with van der Waals surface area (Å²) in [6.45, 7) is -0.179. The Hall–Kier alpha value is -4.71. The van der Waals surface area contributed by atoms with Crippen LogP contribution in [0.25, 0.3) is 0 Å². The summed E-state index contributed by atoms with van der Waals surface area (Å²) in [4.78, 5) is 9.64. The first kappa shape index (κ1) is 37.5. The maximum atomic E-state index is 14.6. The van der Waals surface area contributed by atoms with Gasteiger partial charge in [-0.2, -0.15) is 0 Å². The third kappa shape index (κ3) is 8.11. The van der Waals surface area contributed by atoms with Crippen molar-refractivity contribution in [3.63, 3.8) is 0 Å².